The monoisotopic (exact) mass is 380 g/mol. The number of phosphoric acid groups is 1. The molecule has 0 spiro atoms. The molecule has 140 valence electrons. The standard InChI is InChI=1S/C18H21O7P/c19-11-17(20)18(21)14-25-26(22,23-12-15-7-3-1-4-8-15)24-13-16-9-5-2-6-10-16/h1-11,17-18,20-21H,12-14H2/t17-,18+/m0/s1. The lowest BCUT2D eigenvalue weighted by atomic mass is 10.2. The molecular weight excluding hydrogens is 359 g/mol. The summed E-state index contributed by atoms with van der Waals surface area (Å²) in [4.78, 5) is 10.5. The molecule has 0 fully saturated rings. The van der Waals surface area contributed by atoms with E-state index >= 15 is 0 Å². The van der Waals surface area contributed by atoms with Crippen molar-refractivity contribution in [3.63, 3.8) is 0 Å². The number of hydrogen-bond donors (Lipinski definition) is 2. The molecule has 0 heterocycles. The van der Waals surface area contributed by atoms with E-state index in [-0.39, 0.29) is 19.5 Å². The Morgan fingerprint density at radius 2 is 1.31 bits per heavy atom. The molecule has 2 rings (SSSR count). The van der Waals surface area contributed by atoms with E-state index in [2.05, 4.69) is 0 Å². The summed E-state index contributed by atoms with van der Waals surface area (Å²) in [5.74, 6) is 0. The summed E-state index contributed by atoms with van der Waals surface area (Å²) >= 11 is 0. The molecule has 8 heteroatoms. The van der Waals surface area contributed by atoms with Crippen molar-refractivity contribution in [1.29, 1.82) is 0 Å². The summed E-state index contributed by atoms with van der Waals surface area (Å²) in [6, 6.07) is 18.0. The quantitative estimate of drug-likeness (QED) is 0.456. The predicted octanol–water partition coefficient (Wildman–Crippen LogP) is 2.47. The van der Waals surface area contributed by atoms with Crippen LogP contribution in [-0.2, 0) is 36.1 Å². The minimum absolute atomic E-state index is 0.0285. The Hall–Kier alpha value is -1.86. The molecule has 7 nitrogen and oxygen atoms in total. The van der Waals surface area contributed by atoms with Crippen LogP contribution < -0.4 is 0 Å². The smallest absolute Gasteiger partial charge is 0.388 e. The first-order valence-electron chi connectivity index (χ1n) is 7.95. The Labute approximate surface area is 151 Å². The molecule has 0 aromatic heterocycles. The van der Waals surface area contributed by atoms with Crippen LogP contribution >= 0.6 is 7.82 Å². The average molecular weight is 380 g/mol. The number of aliphatic hydroxyl groups excluding tert-OH is 2. The Morgan fingerprint density at radius 1 is 0.846 bits per heavy atom. The molecule has 0 aliphatic rings. The Morgan fingerprint density at radius 3 is 1.73 bits per heavy atom. The van der Waals surface area contributed by atoms with Crippen molar-refractivity contribution in [3.05, 3.63) is 71.8 Å². The largest absolute Gasteiger partial charge is 0.475 e. The first-order chi connectivity index (χ1) is 12.5. The lowest BCUT2D eigenvalue weighted by Crippen LogP contribution is -2.31. The van der Waals surface area contributed by atoms with Crippen molar-refractivity contribution >= 4 is 14.1 Å². The van der Waals surface area contributed by atoms with Gasteiger partial charge in [0.1, 0.15) is 12.2 Å². The molecule has 0 aliphatic carbocycles. The summed E-state index contributed by atoms with van der Waals surface area (Å²) in [5.41, 5.74) is 1.52. The van der Waals surface area contributed by atoms with Crippen molar-refractivity contribution in [2.45, 2.75) is 25.4 Å². The average Bonchev–Trinajstić information content (AvgIpc) is 2.70. The maximum absolute atomic E-state index is 12.8. The zero-order valence-corrected chi connectivity index (χ0v) is 14.9. The minimum Gasteiger partial charge on any atom is -0.388 e. The second-order valence-electron chi connectivity index (χ2n) is 5.46. The predicted molar refractivity (Wildman–Crippen MR) is 94.1 cm³/mol. The minimum atomic E-state index is -4.04. The molecule has 0 amide bonds. The van der Waals surface area contributed by atoms with Gasteiger partial charge in [-0.3, -0.25) is 13.6 Å². The van der Waals surface area contributed by atoms with Gasteiger partial charge in [-0.2, -0.15) is 0 Å². The van der Waals surface area contributed by atoms with Crippen LogP contribution in [0.25, 0.3) is 0 Å². The van der Waals surface area contributed by atoms with Gasteiger partial charge in [0.05, 0.1) is 19.8 Å². The van der Waals surface area contributed by atoms with E-state index in [1.165, 1.54) is 0 Å². The number of carbonyl (C=O) groups excluding carboxylic acids is 1. The third kappa shape index (κ3) is 6.80. The van der Waals surface area contributed by atoms with Gasteiger partial charge < -0.3 is 15.0 Å². The van der Waals surface area contributed by atoms with Crippen LogP contribution in [0.5, 0.6) is 0 Å². The fraction of sp³-hybridized carbons (Fsp3) is 0.278. The number of carbonyl (C=O) groups is 1. The van der Waals surface area contributed by atoms with E-state index < -0.39 is 26.6 Å². The first-order valence-corrected chi connectivity index (χ1v) is 9.41. The SMILES string of the molecule is O=C[C@H](O)[C@H](O)COP(=O)(OCc1ccccc1)OCc1ccccc1. The number of rotatable bonds is 11. The zero-order valence-electron chi connectivity index (χ0n) is 14.0. The lowest BCUT2D eigenvalue weighted by Gasteiger charge is -2.20. The maximum atomic E-state index is 12.8. The third-order valence-electron chi connectivity index (χ3n) is 3.40. The molecule has 0 aliphatic heterocycles. The van der Waals surface area contributed by atoms with Gasteiger partial charge in [0.25, 0.3) is 0 Å². The molecule has 0 bridgehead atoms. The summed E-state index contributed by atoms with van der Waals surface area (Å²) in [6.45, 7) is -0.640. The highest BCUT2D eigenvalue weighted by atomic mass is 31.2. The van der Waals surface area contributed by atoms with Crippen LogP contribution in [0.2, 0.25) is 0 Å². The summed E-state index contributed by atoms with van der Waals surface area (Å²) in [6.07, 6.45) is -3.03. The van der Waals surface area contributed by atoms with Gasteiger partial charge in [0.2, 0.25) is 0 Å². The molecular formula is C18H21O7P. The summed E-state index contributed by atoms with van der Waals surface area (Å²) < 4.78 is 28.6. The fourth-order valence-corrected chi connectivity index (χ4v) is 3.10. The Balaban J connectivity index is 2.00. The van der Waals surface area contributed by atoms with E-state index in [1.54, 1.807) is 48.5 Å². The second kappa shape index (κ2) is 10.3. The third-order valence-corrected chi connectivity index (χ3v) is 4.76. The van der Waals surface area contributed by atoms with Gasteiger partial charge in [-0.1, -0.05) is 60.7 Å². The van der Waals surface area contributed by atoms with Crippen molar-refractivity contribution in [2.24, 2.45) is 0 Å². The first kappa shape index (κ1) is 20.5. The molecule has 2 N–H and O–H groups in total. The molecule has 0 saturated carbocycles. The van der Waals surface area contributed by atoms with Gasteiger partial charge in [0.15, 0.2) is 6.29 Å². The number of benzene rings is 2. The van der Waals surface area contributed by atoms with E-state index in [9.17, 15) is 19.6 Å². The van der Waals surface area contributed by atoms with Crippen molar-refractivity contribution in [2.75, 3.05) is 6.61 Å². The van der Waals surface area contributed by atoms with Gasteiger partial charge in [-0.15, -0.1) is 0 Å². The second-order valence-corrected chi connectivity index (χ2v) is 7.12. The zero-order chi connectivity index (χ0) is 18.8. The van der Waals surface area contributed by atoms with Crippen LogP contribution in [0.4, 0.5) is 0 Å². The van der Waals surface area contributed by atoms with E-state index in [4.69, 9.17) is 13.6 Å². The van der Waals surface area contributed by atoms with Gasteiger partial charge >= 0.3 is 7.82 Å². The lowest BCUT2D eigenvalue weighted by molar-refractivity contribution is -0.121. The van der Waals surface area contributed by atoms with Crippen molar-refractivity contribution in [1.82, 2.24) is 0 Å². The van der Waals surface area contributed by atoms with E-state index in [0.717, 1.165) is 11.1 Å². The van der Waals surface area contributed by atoms with Gasteiger partial charge in [0, 0.05) is 0 Å². The topological polar surface area (TPSA) is 102 Å². The molecule has 2 aromatic carbocycles. The summed E-state index contributed by atoms with van der Waals surface area (Å²) in [5, 5.41) is 18.9. The van der Waals surface area contributed by atoms with Crippen molar-refractivity contribution in [3.8, 4) is 0 Å². The highest BCUT2D eigenvalue weighted by molar-refractivity contribution is 7.48. The number of aliphatic hydroxyl groups is 2. The Bertz CT molecular complexity index is 660. The molecule has 0 saturated heterocycles. The number of hydrogen-bond acceptors (Lipinski definition) is 7. The molecule has 0 radical (unpaired) electrons. The number of aldehydes is 1. The normalized spacial score (nSPS) is 13.9. The molecule has 2 aromatic rings. The van der Waals surface area contributed by atoms with E-state index in [1.807, 2.05) is 12.1 Å². The van der Waals surface area contributed by atoms with Crippen LogP contribution in [0, 0.1) is 0 Å². The van der Waals surface area contributed by atoms with Crippen LogP contribution in [-0.4, -0.2) is 35.3 Å². The summed E-state index contributed by atoms with van der Waals surface area (Å²) in [7, 11) is -4.04. The molecule has 2 atom stereocenters. The van der Waals surface area contributed by atoms with E-state index in [0.29, 0.717) is 0 Å². The van der Waals surface area contributed by atoms with Crippen LogP contribution in [0.15, 0.2) is 60.7 Å². The highest BCUT2D eigenvalue weighted by Crippen LogP contribution is 2.51. The molecule has 26 heavy (non-hydrogen) atoms. The maximum Gasteiger partial charge on any atom is 0.475 e. The fourth-order valence-electron chi connectivity index (χ4n) is 1.92. The van der Waals surface area contributed by atoms with Crippen molar-refractivity contribution < 1.29 is 33.1 Å². The Kier molecular flexibility index (Phi) is 8.12. The van der Waals surface area contributed by atoms with Crippen LogP contribution in [0.1, 0.15) is 11.1 Å². The van der Waals surface area contributed by atoms with Crippen LogP contribution in [0.3, 0.4) is 0 Å². The number of phosphoric ester groups is 1. The van der Waals surface area contributed by atoms with Gasteiger partial charge in [-0.05, 0) is 11.1 Å². The highest BCUT2D eigenvalue weighted by Gasteiger charge is 2.29. The molecule has 0 unspecified atom stereocenters. The van der Waals surface area contributed by atoms with Gasteiger partial charge in [-0.25, -0.2) is 4.57 Å².